The average Bonchev–Trinajstić information content (AvgIpc) is 3.49. The second-order valence-corrected chi connectivity index (χ2v) is 13.2. The van der Waals surface area contributed by atoms with Gasteiger partial charge in [0.25, 0.3) is 5.91 Å². The summed E-state index contributed by atoms with van der Waals surface area (Å²) < 4.78 is 18.7. The number of anilines is 1. The van der Waals surface area contributed by atoms with E-state index in [0.717, 1.165) is 67.1 Å². The first kappa shape index (κ1) is 35.0. The van der Waals surface area contributed by atoms with Crippen molar-refractivity contribution in [3.63, 3.8) is 0 Å². The second kappa shape index (κ2) is 16.3. The highest BCUT2D eigenvalue weighted by atomic mass is 35.5. The van der Waals surface area contributed by atoms with Gasteiger partial charge in [-0.15, -0.1) is 0 Å². The third-order valence-electron chi connectivity index (χ3n) is 9.51. The highest BCUT2D eigenvalue weighted by Gasteiger charge is 2.25. The van der Waals surface area contributed by atoms with Crippen LogP contribution in [0.5, 0.6) is 17.2 Å². The molecular formula is C39H45ClN6O4. The van der Waals surface area contributed by atoms with Gasteiger partial charge in [0.15, 0.2) is 11.5 Å². The van der Waals surface area contributed by atoms with Crippen LogP contribution in [0.3, 0.4) is 0 Å². The predicted molar refractivity (Wildman–Crippen MR) is 198 cm³/mol. The minimum Gasteiger partial charge on any atom is -0.493 e. The van der Waals surface area contributed by atoms with Crippen molar-refractivity contribution in [3.05, 3.63) is 107 Å². The van der Waals surface area contributed by atoms with Gasteiger partial charge in [0.1, 0.15) is 0 Å². The van der Waals surface area contributed by atoms with Crippen LogP contribution in [0.4, 0.5) is 5.95 Å². The van der Waals surface area contributed by atoms with E-state index in [1.807, 2.05) is 43.6 Å². The van der Waals surface area contributed by atoms with E-state index in [4.69, 9.17) is 30.8 Å². The number of carbonyl (C=O) groups excluding carboxylic acids is 1. The lowest BCUT2D eigenvalue weighted by Gasteiger charge is -2.34. The van der Waals surface area contributed by atoms with Gasteiger partial charge in [-0.2, -0.15) is 0 Å². The summed E-state index contributed by atoms with van der Waals surface area (Å²) in [7, 11) is 6.48. The zero-order valence-corrected chi connectivity index (χ0v) is 29.9. The Labute approximate surface area is 298 Å². The van der Waals surface area contributed by atoms with Crippen LogP contribution in [-0.4, -0.2) is 90.8 Å². The lowest BCUT2D eigenvalue weighted by Crippen LogP contribution is -2.40. The molecule has 1 saturated heterocycles. The molecule has 1 amide bonds. The predicted octanol–water partition coefficient (Wildman–Crippen LogP) is 6.98. The molecule has 1 aliphatic heterocycles. The molecule has 11 heteroatoms. The number of fused-ring (bicyclic) bond motifs is 1. The summed E-state index contributed by atoms with van der Waals surface area (Å²) in [6.45, 7) is 4.08. The maximum absolute atomic E-state index is 13.7. The lowest BCUT2D eigenvalue weighted by molar-refractivity contribution is 0.0781. The van der Waals surface area contributed by atoms with Gasteiger partial charge in [-0.3, -0.25) is 9.78 Å². The van der Waals surface area contributed by atoms with Crippen LogP contribution in [-0.2, 0) is 6.54 Å². The van der Waals surface area contributed by atoms with Gasteiger partial charge >= 0.3 is 0 Å². The number of methoxy groups -OCH3 is 3. The van der Waals surface area contributed by atoms with Crippen molar-refractivity contribution in [3.8, 4) is 17.2 Å². The van der Waals surface area contributed by atoms with Crippen molar-refractivity contribution < 1.29 is 19.0 Å². The van der Waals surface area contributed by atoms with Gasteiger partial charge in [0.2, 0.25) is 11.7 Å². The number of carbonyl (C=O) groups is 1. The first-order valence-corrected chi connectivity index (χ1v) is 17.4. The van der Waals surface area contributed by atoms with Crippen molar-refractivity contribution in [1.29, 1.82) is 0 Å². The number of benzene rings is 3. The Bertz CT molecular complexity index is 1850. The number of likely N-dealkylation sites (N-methyl/N-ethyl adjacent to an activating group) is 1. The van der Waals surface area contributed by atoms with E-state index in [1.54, 1.807) is 38.4 Å². The maximum Gasteiger partial charge on any atom is 0.253 e. The average molecular weight is 697 g/mol. The van der Waals surface area contributed by atoms with Crippen molar-refractivity contribution in [2.24, 2.45) is 0 Å². The quantitative estimate of drug-likeness (QED) is 0.133. The van der Waals surface area contributed by atoms with E-state index in [-0.39, 0.29) is 11.8 Å². The molecular weight excluding hydrogens is 652 g/mol. The third kappa shape index (κ3) is 8.14. The molecule has 5 aromatic rings. The van der Waals surface area contributed by atoms with Crippen LogP contribution in [0.2, 0.25) is 5.02 Å². The van der Waals surface area contributed by atoms with Crippen LogP contribution in [0.25, 0.3) is 11.0 Å². The van der Waals surface area contributed by atoms with Gasteiger partial charge in [0.05, 0.1) is 44.6 Å². The Balaban J connectivity index is 1.10. The monoisotopic (exact) mass is 696 g/mol. The molecule has 1 N–H and O–H groups in total. The summed E-state index contributed by atoms with van der Waals surface area (Å²) >= 11 is 6.26. The van der Waals surface area contributed by atoms with Crippen molar-refractivity contribution in [1.82, 2.24) is 24.3 Å². The van der Waals surface area contributed by atoms with Crippen LogP contribution < -0.4 is 19.5 Å². The number of hydrogen-bond acceptors (Lipinski definition) is 8. The summed E-state index contributed by atoms with van der Waals surface area (Å²) in [6, 6.07) is 26.0. The molecule has 6 rings (SSSR count). The zero-order chi connectivity index (χ0) is 35.0. The molecule has 50 heavy (non-hydrogen) atoms. The van der Waals surface area contributed by atoms with Crippen molar-refractivity contribution in [2.75, 3.05) is 59.9 Å². The number of amides is 1. The number of likely N-dealkylation sites (tertiary alicyclic amines) is 1. The number of pyridine rings is 1. The van der Waals surface area contributed by atoms with Gasteiger partial charge in [-0.1, -0.05) is 41.9 Å². The fourth-order valence-corrected chi connectivity index (χ4v) is 6.88. The number of ether oxygens (including phenoxy) is 3. The Hall–Kier alpha value is -4.80. The number of imidazole rings is 1. The van der Waals surface area contributed by atoms with Gasteiger partial charge in [-0.25, -0.2) is 4.98 Å². The van der Waals surface area contributed by atoms with E-state index < -0.39 is 0 Å². The van der Waals surface area contributed by atoms with Crippen LogP contribution in [0.15, 0.2) is 85.1 Å². The largest absolute Gasteiger partial charge is 0.493 e. The molecule has 10 nitrogen and oxygen atoms in total. The van der Waals surface area contributed by atoms with Gasteiger partial charge in [-0.05, 0) is 79.9 Å². The van der Waals surface area contributed by atoms with Crippen LogP contribution in [0, 0.1) is 0 Å². The van der Waals surface area contributed by atoms with Crippen LogP contribution >= 0.6 is 11.6 Å². The summed E-state index contributed by atoms with van der Waals surface area (Å²) in [5, 5.41) is 4.46. The summed E-state index contributed by atoms with van der Waals surface area (Å²) in [5.74, 6) is 2.23. The summed E-state index contributed by atoms with van der Waals surface area (Å²) in [6.07, 6.45) is 4.75. The summed E-state index contributed by atoms with van der Waals surface area (Å²) in [5.41, 5.74) is 4.70. The number of rotatable bonds is 14. The minimum atomic E-state index is -0.121. The number of aromatic nitrogens is 3. The molecule has 0 aliphatic carbocycles. The van der Waals surface area contributed by atoms with E-state index >= 15 is 0 Å². The number of hydrogen-bond donors (Lipinski definition) is 1. The Morgan fingerprint density at radius 3 is 2.32 bits per heavy atom. The Morgan fingerprint density at radius 1 is 0.960 bits per heavy atom. The topological polar surface area (TPSA) is 94.0 Å². The van der Waals surface area contributed by atoms with Crippen LogP contribution in [0.1, 0.15) is 46.8 Å². The Kier molecular flexibility index (Phi) is 11.4. The number of piperidine rings is 1. The molecule has 262 valence electrons. The van der Waals surface area contributed by atoms with E-state index in [1.165, 1.54) is 0 Å². The van der Waals surface area contributed by atoms with Gasteiger partial charge < -0.3 is 33.9 Å². The smallest absolute Gasteiger partial charge is 0.253 e. The van der Waals surface area contributed by atoms with Crippen molar-refractivity contribution in [2.45, 2.75) is 37.8 Å². The van der Waals surface area contributed by atoms with E-state index in [2.05, 4.69) is 56.2 Å². The highest BCUT2D eigenvalue weighted by molar-refractivity contribution is 6.30. The molecule has 1 unspecified atom stereocenters. The first-order chi connectivity index (χ1) is 24.4. The zero-order valence-electron chi connectivity index (χ0n) is 29.1. The molecule has 1 aliphatic rings. The van der Waals surface area contributed by atoms with Gasteiger partial charge in [0, 0.05) is 55.4 Å². The lowest BCUT2D eigenvalue weighted by atomic mass is 9.94. The number of nitrogens with one attached hydrogen (secondary N) is 1. The third-order valence-corrected chi connectivity index (χ3v) is 9.76. The maximum atomic E-state index is 13.7. The number of nitrogens with zero attached hydrogens (tertiary/aromatic N) is 5. The Morgan fingerprint density at radius 2 is 1.66 bits per heavy atom. The van der Waals surface area contributed by atoms with Crippen molar-refractivity contribution >= 4 is 34.5 Å². The molecule has 1 atom stereocenters. The molecule has 1 fully saturated rings. The fourth-order valence-electron chi connectivity index (χ4n) is 6.76. The SMILES string of the molecule is COc1cc(C(=O)N(C)CC(CCN2CCC(Nc3nc4ccccc4n3Cc3ccccn3)CC2)c2ccc(Cl)cc2)cc(OC)c1OC. The molecule has 2 aromatic heterocycles. The second-order valence-electron chi connectivity index (χ2n) is 12.7. The number of para-hydroxylation sites is 2. The molecule has 0 bridgehead atoms. The summed E-state index contributed by atoms with van der Waals surface area (Å²) in [4.78, 5) is 27.5. The normalized spacial score (nSPS) is 14.3. The highest BCUT2D eigenvalue weighted by Crippen LogP contribution is 2.38. The molecule has 0 saturated carbocycles. The van der Waals surface area contributed by atoms with E-state index in [0.29, 0.717) is 47.0 Å². The van der Waals surface area contributed by atoms with E-state index in [9.17, 15) is 4.79 Å². The number of halogens is 1. The molecule has 3 heterocycles. The standard InChI is InChI=1S/C39H45ClN6O4/c1-44(38(47)29-23-35(48-2)37(50-4)36(24-29)49-3)25-28(27-12-14-30(40)15-13-27)16-20-45-21-17-31(18-22-45)42-39-43-33-10-5-6-11-34(33)46(39)26-32-9-7-8-19-41-32/h5-15,19,23-24,28,31H,16-18,20-22,25-26H2,1-4H3,(H,42,43). The molecule has 0 radical (unpaired) electrons. The molecule has 0 spiro atoms. The minimum absolute atomic E-state index is 0.116. The first-order valence-electron chi connectivity index (χ1n) is 17.0. The fraction of sp³-hybridized carbons (Fsp3) is 0.359. The molecule has 3 aromatic carbocycles.